The van der Waals surface area contributed by atoms with E-state index in [0.717, 1.165) is 165 Å². The van der Waals surface area contributed by atoms with Gasteiger partial charge in [-0.3, -0.25) is 38.8 Å². The molecule has 7 aromatic carbocycles. The molecule has 0 bridgehead atoms. The predicted octanol–water partition coefficient (Wildman–Crippen LogP) is 9.79. The lowest BCUT2D eigenvalue weighted by atomic mass is 10.1. The molecule has 7 aliphatic heterocycles. The van der Waals surface area contributed by atoms with Crippen molar-refractivity contribution >= 4 is 92.1 Å². The molecule has 20 heteroatoms. The van der Waals surface area contributed by atoms with Gasteiger partial charge in [0.15, 0.2) is 0 Å². The van der Waals surface area contributed by atoms with Crippen molar-refractivity contribution in [3.05, 3.63) is 180 Å². The van der Waals surface area contributed by atoms with Crippen LogP contribution < -0.4 is 26.2 Å². The number of carbonyl (C=O) groups is 4. The van der Waals surface area contributed by atoms with Gasteiger partial charge in [-0.15, -0.1) is 0 Å². The summed E-state index contributed by atoms with van der Waals surface area (Å²) in [6.45, 7) is 23.8. The number of benzene rings is 7. The minimum Gasteiger partial charge on any atom is -0.369 e. The zero-order valence-corrected chi connectivity index (χ0v) is 56.0. The van der Waals surface area contributed by atoms with Crippen LogP contribution in [-0.2, 0) is 20.4 Å². The molecule has 0 saturated carbocycles. The van der Waals surface area contributed by atoms with Gasteiger partial charge in [-0.1, -0.05) is 96.3 Å². The molecular weight excluding hydrogens is 1220 g/mol. The van der Waals surface area contributed by atoms with Gasteiger partial charge < -0.3 is 40.9 Å². The summed E-state index contributed by atoms with van der Waals surface area (Å²) in [5, 5.41) is 0. The summed E-state index contributed by atoms with van der Waals surface area (Å²) in [7, 11) is -1.13. The first kappa shape index (κ1) is 65.7. The number of nitrogens with two attached hydrogens (primary N) is 2. The Morgan fingerprint density at radius 3 is 1.09 bits per heavy atom. The number of hydrogen-bond donors (Lipinski definition) is 2. The maximum atomic E-state index is 12.9. The smallest absolute Gasteiger partial charge is 0.261 e. The number of primary amides is 2. The lowest BCUT2D eigenvalue weighted by Gasteiger charge is -2.36. The van der Waals surface area contributed by atoms with E-state index in [1.54, 1.807) is 12.1 Å². The Bertz CT molecular complexity index is 3750. The molecule has 0 atom stereocenters. The summed E-state index contributed by atoms with van der Waals surface area (Å²) < 4.78 is 12.9. The first-order valence-corrected chi connectivity index (χ1v) is 35.6. The first-order chi connectivity index (χ1) is 45.3. The molecule has 0 aromatic heterocycles. The second kappa shape index (κ2) is 30.8. The highest BCUT2D eigenvalue weighted by atomic mass is 32.2. The summed E-state index contributed by atoms with van der Waals surface area (Å²) in [5.74, 6) is -0.806. The fourth-order valence-electron chi connectivity index (χ4n) is 13.6. The average molecular weight is 1310 g/mol. The molecule has 0 radical (unpaired) electrons. The Morgan fingerprint density at radius 2 is 0.688 bits per heavy atom. The topological polar surface area (TPSA) is 170 Å². The molecule has 3 fully saturated rings. The van der Waals surface area contributed by atoms with E-state index < -0.39 is 10.8 Å². The number of fused-ring (bicyclic) bond motifs is 7. The lowest BCUT2D eigenvalue weighted by molar-refractivity contribution is -0.120. The minimum atomic E-state index is -1.13. The molecule has 7 aliphatic rings. The average Bonchev–Trinajstić information content (AvgIpc) is 1.92. The van der Waals surface area contributed by atoms with Crippen LogP contribution in [-0.4, -0.2) is 206 Å². The van der Waals surface area contributed by atoms with Crippen molar-refractivity contribution in [2.24, 2.45) is 11.5 Å². The zero-order valence-electron chi connectivity index (χ0n) is 53.6. The Morgan fingerprint density at radius 1 is 0.366 bits per heavy atom. The van der Waals surface area contributed by atoms with Crippen molar-refractivity contribution in [1.29, 1.82) is 0 Å². The molecule has 4 amide bonds. The van der Waals surface area contributed by atoms with E-state index in [1.807, 2.05) is 72.1 Å². The van der Waals surface area contributed by atoms with E-state index in [2.05, 4.69) is 155 Å². The van der Waals surface area contributed by atoms with Crippen molar-refractivity contribution in [3.63, 3.8) is 0 Å². The SMILES string of the molecule is Cc1ccc2c(c1)N(CCCN1CCN(CC(N)=O)CC1)c1ccccc1S2.Cc1ccc2c(c1)N(CCCN1CCN(CCN3C(=O)c4ccccc4C3=O)CC1)c1ccccc1S2.NC(=O)CN1CCN(CCCN2c3ccccc3S(=O)c3ccccc32)CC1. The maximum Gasteiger partial charge on any atom is 0.261 e. The molecule has 0 aliphatic carbocycles. The van der Waals surface area contributed by atoms with E-state index in [1.165, 1.54) is 58.4 Å². The van der Waals surface area contributed by atoms with Crippen LogP contribution in [0.5, 0.6) is 0 Å². The molecule has 0 spiro atoms. The van der Waals surface area contributed by atoms with Crippen LogP contribution in [0, 0.1) is 13.8 Å². The van der Waals surface area contributed by atoms with Crippen LogP contribution >= 0.6 is 23.5 Å². The molecule has 486 valence electrons. The van der Waals surface area contributed by atoms with Crippen LogP contribution in [0.25, 0.3) is 0 Å². The van der Waals surface area contributed by atoms with Crippen LogP contribution in [0.1, 0.15) is 51.1 Å². The summed E-state index contributed by atoms with van der Waals surface area (Å²) in [4.78, 5) is 77.3. The molecule has 17 nitrogen and oxygen atoms in total. The normalized spacial score (nSPS) is 17.6. The molecule has 93 heavy (non-hydrogen) atoms. The number of imide groups is 1. The van der Waals surface area contributed by atoms with Gasteiger partial charge in [-0.05, 0) is 149 Å². The molecule has 14 rings (SSSR count). The van der Waals surface area contributed by atoms with Gasteiger partial charge in [0, 0.05) is 131 Å². The third-order valence-corrected chi connectivity index (χ3v) is 22.3. The predicted molar refractivity (Wildman–Crippen MR) is 375 cm³/mol. The van der Waals surface area contributed by atoms with E-state index in [-0.39, 0.29) is 23.6 Å². The molecule has 3 saturated heterocycles. The van der Waals surface area contributed by atoms with Crippen LogP contribution in [0.3, 0.4) is 0 Å². The second-order valence-corrected chi connectivity index (χ2v) is 28.5. The van der Waals surface area contributed by atoms with Gasteiger partial charge in [0.2, 0.25) is 11.8 Å². The number of aryl methyl sites for hydroxylation is 2. The quantitative estimate of drug-likeness (QED) is 0.0733. The summed E-state index contributed by atoms with van der Waals surface area (Å²) in [6, 6.07) is 54.0. The number of carbonyl (C=O) groups excluding carboxylic acids is 4. The van der Waals surface area contributed by atoms with Gasteiger partial charge in [0.25, 0.3) is 11.8 Å². The third kappa shape index (κ3) is 15.9. The number of anilines is 6. The Kier molecular flexibility index (Phi) is 21.8. The Balaban J connectivity index is 0.000000136. The highest BCUT2D eigenvalue weighted by molar-refractivity contribution is 8.00. The Labute approximate surface area is 559 Å². The van der Waals surface area contributed by atoms with Crippen molar-refractivity contribution < 1.29 is 23.4 Å². The number of amides is 4. The van der Waals surface area contributed by atoms with Crippen LogP contribution in [0.2, 0.25) is 0 Å². The monoisotopic (exact) mass is 1310 g/mol. The fourth-order valence-corrected chi connectivity index (χ4v) is 17.1. The molecule has 7 aromatic rings. The fraction of sp³-hybridized carbons (Fsp3) is 0.370. The first-order valence-electron chi connectivity index (χ1n) is 32.9. The van der Waals surface area contributed by atoms with Gasteiger partial charge in [-0.25, -0.2) is 4.21 Å². The second-order valence-electron chi connectivity index (χ2n) is 25.0. The molecule has 7 heterocycles. The van der Waals surface area contributed by atoms with E-state index in [4.69, 9.17) is 11.5 Å². The molecule has 4 N–H and O–H groups in total. The van der Waals surface area contributed by atoms with E-state index in [0.29, 0.717) is 30.8 Å². The van der Waals surface area contributed by atoms with Gasteiger partial charge in [0.05, 0.1) is 78.9 Å². The number of hydrogen-bond acceptors (Lipinski definition) is 16. The largest absolute Gasteiger partial charge is 0.369 e. The van der Waals surface area contributed by atoms with E-state index >= 15 is 0 Å². The minimum absolute atomic E-state index is 0.159. The molecule has 0 unspecified atom stereocenters. The number of para-hydroxylation sites is 4. The number of piperazine rings is 3. The molecular formula is C73H86N12O5S3. The number of rotatable bonds is 19. The van der Waals surface area contributed by atoms with Gasteiger partial charge >= 0.3 is 0 Å². The van der Waals surface area contributed by atoms with E-state index in [9.17, 15) is 23.4 Å². The Hall–Kier alpha value is -7.37. The van der Waals surface area contributed by atoms with Crippen LogP contribution in [0.4, 0.5) is 34.1 Å². The van der Waals surface area contributed by atoms with Gasteiger partial charge in [-0.2, -0.15) is 0 Å². The lowest BCUT2D eigenvalue weighted by Crippen LogP contribution is -2.49. The van der Waals surface area contributed by atoms with Crippen LogP contribution in [0.15, 0.2) is 187 Å². The summed E-state index contributed by atoms with van der Waals surface area (Å²) >= 11 is 3.73. The highest BCUT2D eigenvalue weighted by Crippen LogP contribution is 2.50. The third-order valence-electron chi connectivity index (χ3n) is 18.5. The summed E-state index contributed by atoms with van der Waals surface area (Å²) in [6.07, 6.45) is 3.23. The number of nitrogens with zero attached hydrogens (tertiary/aromatic N) is 10. The van der Waals surface area contributed by atoms with Crippen molar-refractivity contribution in [1.82, 2.24) is 34.3 Å². The maximum absolute atomic E-state index is 12.9. The van der Waals surface area contributed by atoms with Crippen molar-refractivity contribution in [2.45, 2.75) is 62.5 Å². The van der Waals surface area contributed by atoms with Crippen molar-refractivity contribution in [2.75, 3.05) is 159 Å². The zero-order chi connectivity index (χ0) is 64.4. The summed E-state index contributed by atoms with van der Waals surface area (Å²) in [5.41, 5.74) is 21.6. The standard InChI is InChI=1S/C30H32N4O2S.C22H28N4OS.C21H26N4O2S/c1-22-11-12-28-26(21-22)33(25-9-4-5-10-27(25)37-28)14-6-13-31-15-17-32(18-16-31)19-20-34-29(35)23-7-2-3-8-24(23)30(34)36;1-17-7-8-21-19(15-17)26(18-5-2-3-6-20(18)28-21)10-4-9-24-11-13-25(14-12-24)16-22(23)27;22-21(26)16-24-14-12-23(13-15-24)10-5-11-25-17-6-1-3-8-19(17)28(27)20-9-4-2-7-18(20)25/h2-5,7-12,21H,6,13-20H2,1H3;2-3,5-8,15H,4,9-14,16H2,1H3,(H2,23,27);1-4,6-9H,5,10-16H2,(H2,22,26). The van der Waals surface area contributed by atoms with Crippen molar-refractivity contribution in [3.8, 4) is 0 Å². The highest BCUT2D eigenvalue weighted by Gasteiger charge is 2.36. The van der Waals surface area contributed by atoms with Gasteiger partial charge in [0.1, 0.15) is 0 Å².